The van der Waals surface area contributed by atoms with E-state index in [9.17, 15) is 9.90 Å². The smallest absolute Gasteiger partial charge is 0.188 e. The third kappa shape index (κ3) is 1.07. The van der Waals surface area contributed by atoms with Crippen molar-refractivity contribution in [2.75, 3.05) is 0 Å². The van der Waals surface area contributed by atoms with Crippen LogP contribution in [0.4, 0.5) is 0 Å². The van der Waals surface area contributed by atoms with Gasteiger partial charge in [0.05, 0.1) is 0 Å². The van der Waals surface area contributed by atoms with E-state index in [-0.39, 0.29) is 17.5 Å². The van der Waals surface area contributed by atoms with Gasteiger partial charge in [-0.25, -0.2) is 0 Å². The van der Waals surface area contributed by atoms with E-state index >= 15 is 0 Å². The lowest BCUT2D eigenvalue weighted by atomic mass is 9.79. The van der Waals surface area contributed by atoms with E-state index in [0.29, 0.717) is 11.1 Å². The molecule has 0 atom stereocenters. The molecule has 2 nitrogen and oxygen atoms in total. The maximum atomic E-state index is 11.3. The molecule has 0 bridgehead atoms. The summed E-state index contributed by atoms with van der Waals surface area (Å²) in [7, 11) is 0. The fourth-order valence-electron chi connectivity index (χ4n) is 1.39. The molecule has 0 heterocycles. The van der Waals surface area contributed by atoms with Crippen LogP contribution in [0.5, 0.6) is 0 Å². The minimum atomic E-state index is -0.0463. The van der Waals surface area contributed by atoms with Gasteiger partial charge >= 0.3 is 0 Å². The van der Waals surface area contributed by atoms with Crippen molar-refractivity contribution in [2.24, 2.45) is 5.92 Å². The summed E-state index contributed by atoms with van der Waals surface area (Å²) in [6, 6.07) is 0. The van der Waals surface area contributed by atoms with E-state index in [4.69, 9.17) is 0 Å². The van der Waals surface area contributed by atoms with E-state index in [2.05, 4.69) is 0 Å². The molecular weight excluding hydrogens is 152 g/mol. The molecule has 0 aromatic carbocycles. The van der Waals surface area contributed by atoms with Crippen molar-refractivity contribution in [3.05, 3.63) is 22.5 Å². The number of ketones is 1. The summed E-state index contributed by atoms with van der Waals surface area (Å²) in [6.45, 7) is 7.32. The molecule has 0 aromatic heterocycles. The molecule has 1 aliphatic carbocycles. The maximum absolute atomic E-state index is 11.3. The number of carbonyl (C=O) groups is 1. The van der Waals surface area contributed by atoms with E-state index in [1.807, 2.05) is 13.8 Å². The maximum Gasteiger partial charge on any atom is 0.188 e. The second-order valence-corrected chi connectivity index (χ2v) is 3.60. The zero-order chi connectivity index (χ0) is 9.46. The summed E-state index contributed by atoms with van der Waals surface area (Å²) in [4.78, 5) is 11.3. The van der Waals surface area contributed by atoms with Gasteiger partial charge in [0.2, 0.25) is 0 Å². The lowest BCUT2D eigenvalue weighted by molar-refractivity contribution is -0.301. The fraction of sp³-hybridized carbons (Fsp3) is 0.500. The first-order valence-corrected chi connectivity index (χ1v) is 4.10. The summed E-state index contributed by atoms with van der Waals surface area (Å²) in [5.41, 5.74) is 1.69. The van der Waals surface area contributed by atoms with E-state index in [1.165, 1.54) is 0 Å². The normalized spacial score (nSPS) is 17.1. The van der Waals surface area contributed by atoms with Crippen LogP contribution in [0.25, 0.3) is 0 Å². The average molecular weight is 165 g/mol. The van der Waals surface area contributed by atoms with Crippen LogP contribution < -0.4 is 5.11 Å². The monoisotopic (exact) mass is 165 g/mol. The van der Waals surface area contributed by atoms with Crippen molar-refractivity contribution in [1.29, 1.82) is 0 Å². The molecular formula is C10H13O2-. The van der Waals surface area contributed by atoms with Crippen molar-refractivity contribution in [3.8, 4) is 0 Å². The quantitative estimate of drug-likeness (QED) is 0.547. The zero-order valence-electron chi connectivity index (χ0n) is 7.89. The first-order chi connectivity index (χ1) is 5.46. The van der Waals surface area contributed by atoms with Crippen molar-refractivity contribution < 1.29 is 9.90 Å². The van der Waals surface area contributed by atoms with E-state index in [0.717, 1.165) is 5.57 Å². The Labute approximate surface area is 72.6 Å². The lowest BCUT2D eigenvalue weighted by Gasteiger charge is -2.33. The largest absolute Gasteiger partial charge is 0.872 e. The van der Waals surface area contributed by atoms with Crippen LogP contribution in [0.2, 0.25) is 0 Å². The van der Waals surface area contributed by atoms with Crippen LogP contribution in [-0.4, -0.2) is 5.78 Å². The molecule has 0 saturated carbocycles. The Morgan fingerprint density at radius 1 is 1.33 bits per heavy atom. The topological polar surface area (TPSA) is 40.1 Å². The van der Waals surface area contributed by atoms with Crippen molar-refractivity contribution >= 4 is 5.78 Å². The third-order valence-electron chi connectivity index (χ3n) is 2.02. The van der Waals surface area contributed by atoms with Gasteiger partial charge in [0, 0.05) is 5.57 Å². The van der Waals surface area contributed by atoms with Crippen LogP contribution >= 0.6 is 0 Å². The predicted molar refractivity (Wildman–Crippen MR) is 45.2 cm³/mol. The second-order valence-electron chi connectivity index (χ2n) is 3.60. The summed E-state index contributed by atoms with van der Waals surface area (Å²) >= 11 is 0. The van der Waals surface area contributed by atoms with Crippen LogP contribution in [0.1, 0.15) is 27.7 Å². The Hall–Kier alpha value is -1.05. The average Bonchev–Trinajstić information content (AvgIpc) is 1.84. The number of allylic oxidation sites excluding steroid dienone is 3. The van der Waals surface area contributed by atoms with Gasteiger partial charge in [0.25, 0.3) is 0 Å². The summed E-state index contributed by atoms with van der Waals surface area (Å²) < 4.78 is 0. The molecule has 12 heavy (non-hydrogen) atoms. The number of rotatable bonds is 1. The minimum absolute atomic E-state index is 0.0463. The van der Waals surface area contributed by atoms with Crippen molar-refractivity contribution in [3.63, 3.8) is 0 Å². The summed E-state index contributed by atoms with van der Waals surface area (Å²) in [5, 5.41) is 11.3. The van der Waals surface area contributed by atoms with E-state index < -0.39 is 0 Å². The highest BCUT2D eigenvalue weighted by molar-refractivity contribution is 6.19. The highest BCUT2D eigenvalue weighted by atomic mass is 16.3. The third-order valence-corrected chi connectivity index (χ3v) is 2.02. The highest BCUT2D eigenvalue weighted by Crippen LogP contribution is 2.33. The molecule has 66 valence electrons. The highest BCUT2D eigenvalue weighted by Gasteiger charge is 2.29. The van der Waals surface area contributed by atoms with E-state index in [1.54, 1.807) is 13.8 Å². The molecule has 1 rings (SSSR count). The Morgan fingerprint density at radius 3 is 2.08 bits per heavy atom. The molecule has 2 heteroatoms. The van der Waals surface area contributed by atoms with Gasteiger partial charge in [-0.1, -0.05) is 25.2 Å². The minimum Gasteiger partial charge on any atom is -0.872 e. The standard InChI is InChI=1S/C10H14O2/c1-5(2)7-9(11)8(6(3)4)10(7)12/h5,11H,1-4H3/p-1. The molecule has 0 amide bonds. The van der Waals surface area contributed by atoms with Gasteiger partial charge in [-0.3, -0.25) is 4.79 Å². The molecule has 0 unspecified atom stereocenters. The van der Waals surface area contributed by atoms with Crippen LogP contribution in [0.3, 0.4) is 0 Å². The van der Waals surface area contributed by atoms with Crippen LogP contribution in [0.15, 0.2) is 22.5 Å². The number of hydrogen-bond acceptors (Lipinski definition) is 2. The Morgan fingerprint density at radius 2 is 1.83 bits per heavy atom. The molecule has 0 aromatic rings. The van der Waals surface area contributed by atoms with Gasteiger partial charge in [-0.2, -0.15) is 0 Å². The molecule has 1 aliphatic rings. The van der Waals surface area contributed by atoms with Gasteiger partial charge in [-0.05, 0) is 25.3 Å². The summed E-state index contributed by atoms with van der Waals surface area (Å²) in [5.74, 6) is -0.0295. The van der Waals surface area contributed by atoms with Gasteiger partial charge < -0.3 is 5.11 Å². The van der Waals surface area contributed by atoms with Crippen LogP contribution in [-0.2, 0) is 4.79 Å². The predicted octanol–water partition coefficient (Wildman–Crippen LogP) is 1.18. The molecule has 0 saturated heterocycles. The molecule has 0 aliphatic heterocycles. The van der Waals surface area contributed by atoms with Gasteiger partial charge in [-0.15, -0.1) is 0 Å². The number of hydrogen-bond donors (Lipinski definition) is 0. The van der Waals surface area contributed by atoms with Gasteiger partial charge in [0.1, 0.15) is 0 Å². The Balaban J connectivity index is 3.13. The zero-order valence-corrected chi connectivity index (χ0v) is 7.89. The fourth-order valence-corrected chi connectivity index (χ4v) is 1.39. The Kier molecular flexibility index (Phi) is 2.09. The number of Topliss-reactive ketones (excluding diaryl/α,β-unsaturated/α-hetero) is 1. The molecule has 0 N–H and O–H groups in total. The molecule has 0 spiro atoms. The second kappa shape index (κ2) is 2.77. The van der Waals surface area contributed by atoms with Crippen molar-refractivity contribution in [1.82, 2.24) is 0 Å². The molecule has 0 radical (unpaired) electrons. The van der Waals surface area contributed by atoms with Gasteiger partial charge in [0.15, 0.2) is 5.78 Å². The number of carbonyl (C=O) groups excluding carboxylic acids is 1. The molecule has 0 fully saturated rings. The van der Waals surface area contributed by atoms with Crippen molar-refractivity contribution in [2.45, 2.75) is 27.7 Å². The SMILES string of the molecule is CC(C)=C1C(=O)C(C(C)C)=C1[O-]. The van der Waals surface area contributed by atoms with Crippen LogP contribution in [0, 0.1) is 5.92 Å². The first-order valence-electron chi connectivity index (χ1n) is 4.10. The Bertz CT molecular complexity index is 289. The first kappa shape index (κ1) is 9.04. The lowest BCUT2D eigenvalue weighted by Crippen LogP contribution is -2.33. The summed E-state index contributed by atoms with van der Waals surface area (Å²) in [6.07, 6.45) is 0.